The number of anilines is 1. The molecule has 0 saturated carbocycles. The van der Waals surface area contributed by atoms with Gasteiger partial charge in [0.05, 0.1) is 12.7 Å². The van der Waals surface area contributed by atoms with Crippen molar-refractivity contribution in [1.82, 2.24) is 0 Å². The highest BCUT2D eigenvalue weighted by atomic mass is 79.9. The molecule has 0 saturated heterocycles. The summed E-state index contributed by atoms with van der Waals surface area (Å²) in [7, 11) is 1.95. The van der Waals surface area contributed by atoms with Crippen LogP contribution in [0, 0.1) is 5.82 Å². The van der Waals surface area contributed by atoms with Gasteiger partial charge in [0.2, 0.25) is 0 Å². The number of hydrogen-bond donors (Lipinski definition) is 2. The minimum Gasteiger partial charge on any atom is -0.324 e. The third-order valence-electron chi connectivity index (χ3n) is 3.66. The van der Waals surface area contributed by atoms with E-state index in [-0.39, 0.29) is 17.6 Å². The molecule has 0 aliphatic rings. The molecule has 2 atom stereocenters. The topological polar surface area (TPSA) is 33.5 Å². The van der Waals surface area contributed by atoms with E-state index < -0.39 is 5.82 Å². The number of quaternary nitrogens is 1. The Morgan fingerprint density at radius 3 is 2.50 bits per heavy atom. The van der Waals surface area contributed by atoms with Crippen LogP contribution in [0.5, 0.6) is 0 Å². The first-order valence-corrected chi connectivity index (χ1v) is 7.89. The molecule has 0 heterocycles. The summed E-state index contributed by atoms with van der Waals surface area (Å²) in [5.74, 6) is -0.617. The highest BCUT2D eigenvalue weighted by Crippen LogP contribution is 2.12. The van der Waals surface area contributed by atoms with Gasteiger partial charge in [-0.15, -0.1) is 0 Å². The van der Waals surface area contributed by atoms with Crippen molar-refractivity contribution in [2.75, 3.05) is 12.4 Å². The van der Waals surface area contributed by atoms with E-state index in [1.807, 2.05) is 38.2 Å². The first-order valence-electron chi connectivity index (χ1n) is 7.09. The first-order chi connectivity index (χ1) is 10.5. The van der Waals surface area contributed by atoms with Gasteiger partial charge >= 0.3 is 0 Å². The zero-order chi connectivity index (χ0) is 16.1. The number of likely N-dealkylation sites (N-methyl/N-ethyl adjacent to an activating group) is 1. The van der Waals surface area contributed by atoms with E-state index in [1.54, 1.807) is 18.2 Å². The molecule has 2 aromatic carbocycles. The van der Waals surface area contributed by atoms with Crippen LogP contribution in [0.3, 0.4) is 0 Å². The average Bonchev–Trinajstić information content (AvgIpc) is 2.51. The number of hydrogen-bond acceptors (Lipinski definition) is 1. The maximum Gasteiger partial charge on any atom is 0.282 e. The molecule has 2 N–H and O–H groups in total. The summed E-state index contributed by atoms with van der Waals surface area (Å²) in [6.45, 7) is 2.56. The highest BCUT2D eigenvalue weighted by Gasteiger charge is 2.22. The number of benzene rings is 2. The molecule has 0 fully saturated rings. The number of carbonyl (C=O) groups excluding carboxylic acids is 1. The van der Waals surface area contributed by atoms with Crippen LogP contribution >= 0.6 is 15.9 Å². The number of halogens is 2. The largest absolute Gasteiger partial charge is 0.324 e. The van der Waals surface area contributed by atoms with E-state index in [0.29, 0.717) is 0 Å². The second-order valence-electron chi connectivity index (χ2n) is 5.34. The zero-order valence-electron chi connectivity index (χ0n) is 12.6. The van der Waals surface area contributed by atoms with Crippen molar-refractivity contribution >= 4 is 27.5 Å². The smallest absolute Gasteiger partial charge is 0.282 e. The van der Waals surface area contributed by atoms with E-state index in [9.17, 15) is 9.18 Å². The van der Waals surface area contributed by atoms with Gasteiger partial charge in [-0.1, -0.05) is 40.2 Å². The quantitative estimate of drug-likeness (QED) is 0.838. The number of para-hydroxylation sites is 1. The Morgan fingerprint density at radius 2 is 1.86 bits per heavy atom. The molecule has 5 heteroatoms. The molecular weight excluding hydrogens is 347 g/mol. The summed E-state index contributed by atoms with van der Waals surface area (Å²) in [5.41, 5.74) is 1.36. The van der Waals surface area contributed by atoms with Gasteiger partial charge in [-0.05, 0) is 31.2 Å². The van der Waals surface area contributed by atoms with Crippen LogP contribution in [0.1, 0.15) is 12.5 Å². The van der Waals surface area contributed by atoms with E-state index in [0.717, 1.165) is 21.5 Å². The Labute approximate surface area is 138 Å². The van der Waals surface area contributed by atoms with Crippen molar-refractivity contribution in [3.05, 3.63) is 64.4 Å². The summed E-state index contributed by atoms with van der Waals surface area (Å²) in [5, 5.41) is 2.64. The number of nitrogens with one attached hydrogen (secondary N) is 2. The van der Waals surface area contributed by atoms with Crippen LogP contribution in [0.4, 0.5) is 10.1 Å². The third-order valence-corrected chi connectivity index (χ3v) is 4.19. The molecule has 0 bridgehead atoms. The standard InChI is InChI=1S/C17H18BrFN2O/c1-12(17(22)20-16-6-4-3-5-15(16)19)21(2)11-13-7-9-14(18)10-8-13/h3-10,12H,11H2,1-2H3,(H,20,22)/p+1/t12-/m1/s1. The van der Waals surface area contributed by atoms with E-state index in [2.05, 4.69) is 21.2 Å². The number of amides is 1. The summed E-state index contributed by atoms with van der Waals surface area (Å²) < 4.78 is 14.6. The predicted octanol–water partition coefficient (Wildman–Crippen LogP) is 2.63. The van der Waals surface area contributed by atoms with Crippen molar-refractivity contribution in [3.8, 4) is 0 Å². The molecule has 0 aliphatic carbocycles. The maximum atomic E-state index is 13.6. The summed E-state index contributed by atoms with van der Waals surface area (Å²) in [4.78, 5) is 13.3. The fraction of sp³-hybridized carbons (Fsp3) is 0.235. The second kappa shape index (κ2) is 7.51. The van der Waals surface area contributed by atoms with Crippen LogP contribution in [0.25, 0.3) is 0 Å². The average molecular weight is 366 g/mol. The molecule has 1 unspecified atom stereocenters. The Morgan fingerprint density at radius 1 is 1.23 bits per heavy atom. The van der Waals surface area contributed by atoms with Gasteiger partial charge in [-0.3, -0.25) is 4.79 Å². The zero-order valence-corrected chi connectivity index (χ0v) is 14.2. The molecule has 3 nitrogen and oxygen atoms in total. The number of carbonyl (C=O) groups is 1. The van der Waals surface area contributed by atoms with E-state index >= 15 is 0 Å². The van der Waals surface area contributed by atoms with Gasteiger partial charge < -0.3 is 10.2 Å². The summed E-state index contributed by atoms with van der Waals surface area (Å²) in [6, 6.07) is 13.9. The Kier molecular flexibility index (Phi) is 5.69. The van der Waals surface area contributed by atoms with Gasteiger partial charge in [0.25, 0.3) is 5.91 Å². The summed E-state index contributed by atoms with van der Waals surface area (Å²) >= 11 is 3.40. The Balaban J connectivity index is 1.97. The molecule has 0 aliphatic heterocycles. The van der Waals surface area contributed by atoms with Gasteiger partial charge in [0, 0.05) is 10.0 Å². The first kappa shape index (κ1) is 16.6. The lowest BCUT2D eigenvalue weighted by Gasteiger charge is -2.21. The molecule has 116 valence electrons. The van der Waals surface area contributed by atoms with E-state index in [1.165, 1.54) is 6.07 Å². The molecule has 0 aromatic heterocycles. The lowest BCUT2D eigenvalue weighted by atomic mass is 10.2. The number of rotatable bonds is 5. The van der Waals surface area contributed by atoms with Crippen molar-refractivity contribution in [3.63, 3.8) is 0 Å². The molecule has 2 rings (SSSR count). The van der Waals surface area contributed by atoms with E-state index in [4.69, 9.17) is 0 Å². The lowest BCUT2D eigenvalue weighted by molar-refractivity contribution is -0.907. The maximum absolute atomic E-state index is 13.6. The normalized spacial score (nSPS) is 13.5. The SMILES string of the molecule is C[C@H](C(=O)Nc1ccccc1F)[NH+](C)Cc1ccc(Br)cc1. The van der Waals surface area contributed by atoms with Gasteiger partial charge in [0.15, 0.2) is 6.04 Å². The van der Waals surface area contributed by atoms with Crippen molar-refractivity contribution in [2.45, 2.75) is 19.5 Å². The molecule has 0 radical (unpaired) electrons. The molecular formula is C17H19BrFN2O+. The van der Waals surface area contributed by atoms with Crippen LogP contribution in [-0.2, 0) is 11.3 Å². The van der Waals surface area contributed by atoms with Crippen LogP contribution in [-0.4, -0.2) is 19.0 Å². The van der Waals surface area contributed by atoms with Crippen molar-refractivity contribution in [2.24, 2.45) is 0 Å². The molecule has 2 aromatic rings. The van der Waals surface area contributed by atoms with Crippen LogP contribution in [0.2, 0.25) is 0 Å². The minimum absolute atomic E-state index is 0.195. The Hall–Kier alpha value is -1.72. The third kappa shape index (κ3) is 4.39. The second-order valence-corrected chi connectivity index (χ2v) is 6.26. The molecule has 1 amide bonds. The van der Waals surface area contributed by atoms with Gasteiger partial charge in [0.1, 0.15) is 12.4 Å². The molecule has 22 heavy (non-hydrogen) atoms. The van der Waals surface area contributed by atoms with Crippen LogP contribution in [0.15, 0.2) is 53.0 Å². The van der Waals surface area contributed by atoms with Crippen molar-refractivity contribution in [1.29, 1.82) is 0 Å². The van der Waals surface area contributed by atoms with Crippen molar-refractivity contribution < 1.29 is 14.1 Å². The minimum atomic E-state index is -0.423. The Bertz CT molecular complexity index is 645. The monoisotopic (exact) mass is 365 g/mol. The lowest BCUT2D eigenvalue weighted by Crippen LogP contribution is -3.12. The van der Waals surface area contributed by atoms with Gasteiger partial charge in [-0.2, -0.15) is 0 Å². The molecule has 0 spiro atoms. The summed E-state index contributed by atoms with van der Waals surface area (Å²) in [6.07, 6.45) is 0. The highest BCUT2D eigenvalue weighted by molar-refractivity contribution is 9.10. The van der Waals surface area contributed by atoms with Gasteiger partial charge in [-0.25, -0.2) is 4.39 Å². The fourth-order valence-corrected chi connectivity index (χ4v) is 2.37. The predicted molar refractivity (Wildman–Crippen MR) is 89.2 cm³/mol. The van der Waals surface area contributed by atoms with Crippen LogP contribution < -0.4 is 10.2 Å². The fourth-order valence-electron chi connectivity index (χ4n) is 2.10.